The third-order valence-corrected chi connectivity index (χ3v) is 4.98. The van der Waals surface area contributed by atoms with Crippen LogP contribution in [-0.4, -0.2) is 19.3 Å². The second-order valence-corrected chi connectivity index (χ2v) is 6.48. The van der Waals surface area contributed by atoms with Gasteiger partial charge in [0.25, 0.3) is 0 Å². The van der Waals surface area contributed by atoms with Crippen molar-refractivity contribution in [1.29, 1.82) is 0 Å². The molecule has 1 atom stereocenters. The van der Waals surface area contributed by atoms with Crippen LogP contribution in [0.5, 0.6) is 0 Å². The Bertz CT molecular complexity index is 472. The van der Waals surface area contributed by atoms with Crippen LogP contribution in [0.25, 0.3) is 0 Å². The predicted octanol–water partition coefficient (Wildman–Crippen LogP) is 4.73. The van der Waals surface area contributed by atoms with Gasteiger partial charge < -0.3 is 10.1 Å². The van der Waals surface area contributed by atoms with Crippen molar-refractivity contribution < 1.29 is 9.13 Å². The van der Waals surface area contributed by atoms with Crippen LogP contribution in [0.1, 0.15) is 51.1 Å². The summed E-state index contributed by atoms with van der Waals surface area (Å²) in [4.78, 5) is 0. The normalized spacial score (nSPS) is 27.6. The van der Waals surface area contributed by atoms with Gasteiger partial charge in [0.2, 0.25) is 0 Å². The summed E-state index contributed by atoms with van der Waals surface area (Å²) in [6.07, 6.45) is 4.21. The highest BCUT2D eigenvalue weighted by Crippen LogP contribution is 2.44. The highest BCUT2D eigenvalue weighted by atomic mass is 35.5. The molecule has 0 bridgehead atoms. The fourth-order valence-electron chi connectivity index (χ4n) is 3.49. The summed E-state index contributed by atoms with van der Waals surface area (Å²) in [5, 5.41) is 3.91. The minimum absolute atomic E-state index is 0.0897. The van der Waals surface area contributed by atoms with E-state index in [1.54, 1.807) is 6.07 Å². The van der Waals surface area contributed by atoms with Crippen molar-refractivity contribution in [3.8, 4) is 0 Å². The van der Waals surface area contributed by atoms with Gasteiger partial charge in [-0.05, 0) is 69.3 Å². The fraction of sp³-hybridized carbons (Fsp3) is 0.647. The first-order valence-electron chi connectivity index (χ1n) is 7.78. The summed E-state index contributed by atoms with van der Waals surface area (Å²) in [7, 11) is 1.89. The Kier molecular flexibility index (Phi) is 5.64. The number of halogens is 2. The van der Waals surface area contributed by atoms with Gasteiger partial charge in [-0.3, -0.25) is 0 Å². The Balaban J connectivity index is 2.38. The summed E-state index contributed by atoms with van der Waals surface area (Å²) in [6, 6.07) is 4.46. The first-order chi connectivity index (χ1) is 10.0. The van der Waals surface area contributed by atoms with Crippen molar-refractivity contribution in [2.24, 2.45) is 5.92 Å². The Morgan fingerprint density at radius 2 is 2.10 bits per heavy atom. The van der Waals surface area contributed by atoms with Crippen LogP contribution in [-0.2, 0) is 4.74 Å². The monoisotopic (exact) mass is 313 g/mol. The van der Waals surface area contributed by atoms with E-state index in [9.17, 15) is 4.39 Å². The molecule has 2 nitrogen and oxygen atoms in total. The van der Waals surface area contributed by atoms with E-state index < -0.39 is 0 Å². The largest absolute Gasteiger partial charge is 0.373 e. The first kappa shape index (κ1) is 16.7. The molecule has 4 heteroatoms. The molecule has 118 valence electrons. The van der Waals surface area contributed by atoms with Gasteiger partial charge in [0.05, 0.1) is 11.6 Å². The highest BCUT2D eigenvalue weighted by molar-refractivity contribution is 6.31. The van der Waals surface area contributed by atoms with Gasteiger partial charge in [0.15, 0.2) is 0 Å². The molecular formula is C17H25ClFNO. The maximum absolute atomic E-state index is 13.7. The summed E-state index contributed by atoms with van der Waals surface area (Å²) < 4.78 is 19.8. The number of rotatable bonds is 5. The second-order valence-electron chi connectivity index (χ2n) is 6.07. The maximum atomic E-state index is 13.7. The quantitative estimate of drug-likeness (QED) is 0.849. The highest BCUT2D eigenvalue weighted by Gasteiger charge is 2.43. The van der Waals surface area contributed by atoms with E-state index in [2.05, 4.69) is 12.2 Å². The van der Waals surface area contributed by atoms with Gasteiger partial charge in [-0.25, -0.2) is 4.39 Å². The number of nitrogens with one attached hydrogen (secondary N) is 1. The zero-order valence-electron chi connectivity index (χ0n) is 13.1. The van der Waals surface area contributed by atoms with E-state index in [4.69, 9.17) is 16.3 Å². The van der Waals surface area contributed by atoms with E-state index in [-0.39, 0.29) is 17.5 Å². The van der Waals surface area contributed by atoms with Gasteiger partial charge in [-0.1, -0.05) is 18.5 Å². The number of hydrogen-bond acceptors (Lipinski definition) is 2. The number of ether oxygens (including phenoxy) is 1. The third kappa shape index (κ3) is 3.58. The lowest BCUT2D eigenvalue weighted by atomic mass is 9.73. The Labute approximate surface area is 132 Å². The molecule has 1 unspecified atom stereocenters. The molecule has 1 fully saturated rings. The zero-order valence-corrected chi connectivity index (χ0v) is 13.8. The molecule has 0 spiro atoms. The van der Waals surface area contributed by atoms with Crippen LogP contribution in [0.15, 0.2) is 18.2 Å². The molecule has 21 heavy (non-hydrogen) atoms. The van der Waals surface area contributed by atoms with Gasteiger partial charge in [-0.15, -0.1) is 0 Å². The van der Waals surface area contributed by atoms with E-state index >= 15 is 0 Å². The topological polar surface area (TPSA) is 21.3 Å². The lowest BCUT2D eigenvalue weighted by Crippen LogP contribution is -2.47. The molecule has 1 aliphatic carbocycles. The summed E-state index contributed by atoms with van der Waals surface area (Å²) in [5.74, 6) is 0.463. The minimum atomic E-state index is -0.298. The van der Waals surface area contributed by atoms with Crippen molar-refractivity contribution in [3.05, 3.63) is 34.6 Å². The molecule has 0 radical (unpaired) electrons. The van der Waals surface area contributed by atoms with Crippen LogP contribution < -0.4 is 5.32 Å². The molecule has 0 heterocycles. The van der Waals surface area contributed by atoms with Crippen molar-refractivity contribution in [2.75, 3.05) is 13.7 Å². The van der Waals surface area contributed by atoms with Crippen LogP contribution >= 0.6 is 11.6 Å². The summed E-state index contributed by atoms with van der Waals surface area (Å²) in [6.45, 7) is 4.94. The molecule has 1 aromatic carbocycles. The van der Waals surface area contributed by atoms with E-state index in [1.807, 2.05) is 14.0 Å². The molecule has 1 N–H and O–H groups in total. The van der Waals surface area contributed by atoms with Crippen LogP contribution in [0.2, 0.25) is 5.02 Å². The Morgan fingerprint density at radius 1 is 1.43 bits per heavy atom. The molecule has 0 amide bonds. The fourth-order valence-corrected chi connectivity index (χ4v) is 3.72. The molecule has 0 aromatic heterocycles. The lowest BCUT2D eigenvalue weighted by Gasteiger charge is -2.45. The molecule has 1 saturated carbocycles. The SMILES string of the molecule is CCOC1(C(NC)c2cc(F)ccc2Cl)CCC(C)CC1. The van der Waals surface area contributed by atoms with E-state index in [0.29, 0.717) is 11.6 Å². The summed E-state index contributed by atoms with van der Waals surface area (Å²) >= 11 is 6.32. The van der Waals surface area contributed by atoms with Gasteiger partial charge in [0.1, 0.15) is 5.82 Å². The average Bonchev–Trinajstić information content (AvgIpc) is 2.47. The molecule has 1 aliphatic rings. The van der Waals surface area contributed by atoms with Gasteiger partial charge in [-0.2, -0.15) is 0 Å². The van der Waals surface area contributed by atoms with Crippen molar-refractivity contribution in [2.45, 2.75) is 51.2 Å². The predicted molar refractivity (Wildman–Crippen MR) is 85.2 cm³/mol. The number of hydrogen-bond donors (Lipinski definition) is 1. The van der Waals surface area contributed by atoms with Crippen LogP contribution in [0, 0.1) is 11.7 Å². The molecule has 2 rings (SSSR count). The van der Waals surface area contributed by atoms with Gasteiger partial charge in [0, 0.05) is 11.6 Å². The zero-order chi connectivity index (χ0) is 15.5. The Hall–Kier alpha value is -0.640. The van der Waals surface area contributed by atoms with Crippen molar-refractivity contribution in [1.82, 2.24) is 5.32 Å². The average molecular weight is 314 g/mol. The van der Waals surface area contributed by atoms with E-state index in [0.717, 1.165) is 37.2 Å². The molecule has 0 saturated heterocycles. The smallest absolute Gasteiger partial charge is 0.123 e. The van der Waals surface area contributed by atoms with Crippen molar-refractivity contribution >= 4 is 11.6 Å². The van der Waals surface area contributed by atoms with Gasteiger partial charge >= 0.3 is 0 Å². The second kappa shape index (κ2) is 7.08. The first-order valence-corrected chi connectivity index (χ1v) is 8.16. The Morgan fingerprint density at radius 3 is 2.67 bits per heavy atom. The van der Waals surface area contributed by atoms with E-state index in [1.165, 1.54) is 12.1 Å². The minimum Gasteiger partial charge on any atom is -0.373 e. The van der Waals surface area contributed by atoms with Crippen LogP contribution in [0.3, 0.4) is 0 Å². The summed E-state index contributed by atoms with van der Waals surface area (Å²) in [5.41, 5.74) is 0.496. The lowest BCUT2D eigenvalue weighted by molar-refractivity contribution is -0.0962. The number of benzene rings is 1. The number of likely N-dealkylation sites (N-methyl/N-ethyl adjacent to an activating group) is 1. The molecular weight excluding hydrogens is 289 g/mol. The standard InChI is InChI=1S/C17H25ClFNO/c1-4-21-17(9-7-12(2)8-10-17)16(20-3)14-11-13(19)5-6-15(14)18/h5-6,11-12,16,20H,4,7-10H2,1-3H3. The third-order valence-electron chi connectivity index (χ3n) is 4.64. The van der Waals surface area contributed by atoms with Crippen LogP contribution in [0.4, 0.5) is 4.39 Å². The molecule has 1 aromatic rings. The maximum Gasteiger partial charge on any atom is 0.123 e. The molecule has 0 aliphatic heterocycles. The van der Waals surface area contributed by atoms with Crippen molar-refractivity contribution in [3.63, 3.8) is 0 Å².